The Bertz CT molecular complexity index is 467. The van der Waals surface area contributed by atoms with Crippen LogP contribution in [0.25, 0.3) is 11.8 Å². The molecule has 15 heavy (non-hydrogen) atoms. The third-order valence-corrected chi connectivity index (χ3v) is 3.26. The molecule has 0 aliphatic carbocycles. The molecule has 1 aliphatic rings. The second-order valence-electron chi connectivity index (χ2n) is 2.84. The van der Waals surface area contributed by atoms with Crippen LogP contribution in [0.5, 0.6) is 0 Å². The standard InChI is InChI=1S/C10H6O3P2/c11-14-10(15-12)9-8-4-2-1-3-7(8)5-6-13-9/h1-6H. The highest BCUT2D eigenvalue weighted by Crippen LogP contribution is 2.37. The normalized spacial score (nSPS) is 13.7. The van der Waals surface area contributed by atoms with Gasteiger partial charge in [-0.05, 0) is 11.6 Å². The molecule has 0 bridgehead atoms. The molecule has 5 heteroatoms. The third-order valence-electron chi connectivity index (χ3n) is 2.01. The molecule has 0 saturated carbocycles. The average molecular weight is 236 g/mol. The van der Waals surface area contributed by atoms with Crippen LogP contribution in [0.3, 0.4) is 0 Å². The Morgan fingerprint density at radius 2 is 1.87 bits per heavy atom. The minimum atomic E-state index is -0.288. The Balaban J connectivity index is 2.64. The number of benzene rings is 1. The summed E-state index contributed by atoms with van der Waals surface area (Å²) in [5.74, 6) is 0.404. The molecular formula is C10H6O3P2. The van der Waals surface area contributed by atoms with Crippen molar-refractivity contribution in [3.05, 3.63) is 46.7 Å². The van der Waals surface area contributed by atoms with Gasteiger partial charge in [0.25, 0.3) is 0 Å². The van der Waals surface area contributed by atoms with E-state index >= 15 is 0 Å². The van der Waals surface area contributed by atoms with Crippen molar-refractivity contribution < 1.29 is 13.9 Å². The van der Waals surface area contributed by atoms with Crippen molar-refractivity contribution in [2.45, 2.75) is 0 Å². The lowest BCUT2D eigenvalue weighted by Crippen LogP contribution is -1.95. The first-order chi connectivity index (χ1) is 7.36. The lowest BCUT2D eigenvalue weighted by molar-refractivity contribution is 0.436. The number of hydrogen-bond acceptors (Lipinski definition) is 3. The zero-order valence-corrected chi connectivity index (χ0v) is 9.37. The summed E-state index contributed by atoms with van der Waals surface area (Å²) < 4.78 is 26.8. The Labute approximate surface area is 89.9 Å². The fourth-order valence-electron chi connectivity index (χ4n) is 1.36. The first-order valence-electron chi connectivity index (χ1n) is 4.20. The molecule has 0 fully saturated rings. The Morgan fingerprint density at radius 1 is 1.13 bits per heavy atom. The van der Waals surface area contributed by atoms with Gasteiger partial charge in [-0.3, -0.25) is 9.13 Å². The van der Waals surface area contributed by atoms with Gasteiger partial charge in [0.1, 0.15) is 0 Å². The molecule has 0 atom stereocenters. The van der Waals surface area contributed by atoms with Crippen LogP contribution in [-0.2, 0) is 13.9 Å². The summed E-state index contributed by atoms with van der Waals surface area (Å²) in [7, 11) is -0.576. The number of ether oxygens (including phenoxy) is 1. The second kappa shape index (κ2) is 4.48. The van der Waals surface area contributed by atoms with Gasteiger partial charge in [-0.25, -0.2) is 0 Å². The molecule has 1 aromatic rings. The monoisotopic (exact) mass is 236 g/mol. The first-order valence-corrected chi connectivity index (χ1v) is 5.83. The summed E-state index contributed by atoms with van der Waals surface area (Å²) in [6.45, 7) is 0. The van der Waals surface area contributed by atoms with Crippen molar-refractivity contribution >= 4 is 28.8 Å². The van der Waals surface area contributed by atoms with E-state index in [1.807, 2.05) is 24.3 Å². The Hall–Kier alpha value is -1.30. The van der Waals surface area contributed by atoms with Crippen molar-refractivity contribution in [3.8, 4) is 0 Å². The molecule has 0 unspecified atom stereocenters. The van der Waals surface area contributed by atoms with E-state index in [9.17, 15) is 9.13 Å². The Kier molecular flexibility index (Phi) is 3.05. The summed E-state index contributed by atoms with van der Waals surface area (Å²) in [6, 6.07) is 7.50. The molecule has 1 aromatic carbocycles. The van der Waals surface area contributed by atoms with Crippen molar-refractivity contribution in [3.63, 3.8) is 0 Å². The van der Waals surface area contributed by atoms with E-state index in [1.54, 1.807) is 6.08 Å². The van der Waals surface area contributed by atoms with Crippen LogP contribution in [0.4, 0.5) is 0 Å². The molecule has 0 spiro atoms. The summed E-state index contributed by atoms with van der Waals surface area (Å²) in [5, 5.41) is 0.215. The number of hydrogen-bond donors (Lipinski definition) is 0. The number of fused-ring (bicyclic) bond motifs is 1. The zero-order valence-electron chi connectivity index (χ0n) is 7.58. The molecule has 3 nitrogen and oxygen atoms in total. The lowest BCUT2D eigenvalue weighted by atomic mass is 10.1. The van der Waals surface area contributed by atoms with Gasteiger partial charge in [0, 0.05) is 5.56 Å². The van der Waals surface area contributed by atoms with E-state index in [0.717, 1.165) is 11.1 Å². The smallest absolute Gasteiger partial charge is 0.204 e. The first kappa shape index (κ1) is 10.2. The molecule has 1 heterocycles. The fraction of sp³-hybridized carbons (Fsp3) is 0. The van der Waals surface area contributed by atoms with E-state index in [-0.39, 0.29) is 22.0 Å². The second-order valence-corrected chi connectivity index (χ2v) is 4.46. The van der Waals surface area contributed by atoms with Gasteiger partial charge in [-0.1, -0.05) is 24.3 Å². The largest absolute Gasteiger partial charge is 0.463 e. The van der Waals surface area contributed by atoms with Crippen LogP contribution in [0.1, 0.15) is 11.1 Å². The molecule has 0 amide bonds. The van der Waals surface area contributed by atoms with Gasteiger partial charge in [0.15, 0.2) is 10.8 Å². The molecule has 1 aliphatic heterocycles. The minimum absolute atomic E-state index is 0.215. The van der Waals surface area contributed by atoms with Crippen molar-refractivity contribution in [1.82, 2.24) is 0 Å². The molecular weight excluding hydrogens is 230 g/mol. The average Bonchev–Trinajstić information content (AvgIpc) is 2.31. The molecule has 0 aromatic heterocycles. The molecule has 0 radical (unpaired) electrons. The quantitative estimate of drug-likeness (QED) is 0.731. The van der Waals surface area contributed by atoms with E-state index in [2.05, 4.69) is 0 Å². The van der Waals surface area contributed by atoms with Crippen molar-refractivity contribution in [2.75, 3.05) is 0 Å². The topological polar surface area (TPSA) is 43.4 Å². The van der Waals surface area contributed by atoms with Gasteiger partial charge >= 0.3 is 0 Å². The fourth-order valence-corrected chi connectivity index (χ4v) is 2.01. The van der Waals surface area contributed by atoms with Crippen LogP contribution in [0, 0.1) is 0 Å². The van der Waals surface area contributed by atoms with Gasteiger partial charge in [-0.2, -0.15) is 0 Å². The summed E-state index contributed by atoms with van der Waals surface area (Å²) in [4.78, 5) is 0. The van der Waals surface area contributed by atoms with E-state index in [4.69, 9.17) is 4.74 Å². The maximum Gasteiger partial charge on any atom is 0.204 e. The van der Waals surface area contributed by atoms with Crippen LogP contribution in [0.2, 0.25) is 0 Å². The highest BCUT2D eigenvalue weighted by molar-refractivity contribution is 7.52. The minimum Gasteiger partial charge on any atom is -0.463 e. The lowest BCUT2D eigenvalue weighted by Gasteiger charge is -2.14. The summed E-state index contributed by atoms with van der Waals surface area (Å²) >= 11 is 0. The maximum absolute atomic E-state index is 10.8. The molecule has 2 rings (SSSR count). The van der Waals surface area contributed by atoms with Crippen LogP contribution < -0.4 is 0 Å². The molecule has 0 saturated heterocycles. The zero-order chi connectivity index (χ0) is 10.7. The van der Waals surface area contributed by atoms with Gasteiger partial charge in [0.2, 0.25) is 16.9 Å². The highest BCUT2D eigenvalue weighted by Gasteiger charge is 2.16. The highest BCUT2D eigenvalue weighted by atomic mass is 31.1. The van der Waals surface area contributed by atoms with Crippen molar-refractivity contribution in [1.29, 1.82) is 0 Å². The van der Waals surface area contributed by atoms with Gasteiger partial charge in [-0.15, -0.1) is 0 Å². The van der Waals surface area contributed by atoms with E-state index < -0.39 is 0 Å². The van der Waals surface area contributed by atoms with E-state index in [1.165, 1.54) is 6.26 Å². The summed E-state index contributed by atoms with van der Waals surface area (Å²) in [5.41, 5.74) is 1.77. The predicted molar refractivity (Wildman–Crippen MR) is 58.7 cm³/mol. The van der Waals surface area contributed by atoms with Crippen LogP contribution in [0.15, 0.2) is 35.6 Å². The van der Waals surface area contributed by atoms with Gasteiger partial charge < -0.3 is 4.74 Å². The molecule has 74 valence electrons. The molecule has 0 N–H and O–H groups in total. The predicted octanol–water partition coefficient (Wildman–Crippen LogP) is 3.90. The van der Waals surface area contributed by atoms with E-state index in [0.29, 0.717) is 5.76 Å². The van der Waals surface area contributed by atoms with Crippen LogP contribution in [-0.4, -0.2) is 0 Å². The summed E-state index contributed by atoms with van der Waals surface area (Å²) in [6.07, 6.45) is 3.30. The van der Waals surface area contributed by atoms with Crippen molar-refractivity contribution in [2.24, 2.45) is 0 Å². The SMILES string of the molecule is O=PC(P=O)=C1OC=Cc2ccccc21. The Morgan fingerprint density at radius 3 is 2.60 bits per heavy atom. The number of rotatable bonds is 2. The van der Waals surface area contributed by atoms with Crippen LogP contribution >= 0.6 is 16.9 Å². The van der Waals surface area contributed by atoms with Gasteiger partial charge in [0.05, 0.1) is 6.26 Å². The maximum atomic E-state index is 10.8. The third kappa shape index (κ3) is 1.90.